The Hall–Kier alpha value is -2.38. The molecule has 2 N–H and O–H groups in total. The molecule has 1 aromatic carbocycles. The zero-order valence-corrected chi connectivity index (χ0v) is 16.0. The molecule has 146 valence electrons. The van der Waals surface area contributed by atoms with Gasteiger partial charge in [-0.1, -0.05) is 11.6 Å². The van der Waals surface area contributed by atoms with Gasteiger partial charge in [0.15, 0.2) is 0 Å². The molecule has 1 spiro atoms. The number of aromatic nitrogens is 1. The number of pyridine rings is 1. The Labute approximate surface area is 166 Å². The van der Waals surface area contributed by atoms with Gasteiger partial charge in [0.05, 0.1) is 24.2 Å². The first-order valence-electron chi connectivity index (χ1n) is 9.11. The van der Waals surface area contributed by atoms with E-state index in [2.05, 4.69) is 9.98 Å². The Morgan fingerprint density at radius 3 is 2.89 bits per heavy atom. The fourth-order valence-corrected chi connectivity index (χ4v) is 4.72. The molecule has 1 aromatic heterocycles. The van der Waals surface area contributed by atoms with Crippen molar-refractivity contribution in [3.05, 3.63) is 47.0 Å². The number of nitrogens with zero attached hydrogens (tertiary/aromatic N) is 2. The molecule has 4 heterocycles. The van der Waals surface area contributed by atoms with Crippen LogP contribution in [0.4, 0.5) is 4.39 Å². The summed E-state index contributed by atoms with van der Waals surface area (Å²) in [6.07, 6.45) is 3.76. The maximum Gasteiger partial charge on any atom is 0.283 e. The normalized spacial score (nSPS) is 30.8. The topological polar surface area (TPSA) is 79.0 Å². The van der Waals surface area contributed by atoms with Gasteiger partial charge < -0.3 is 19.9 Å². The van der Waals surface area contributed by atoms with Crippen LogP contribution in [-0.2, 0) is 15.0 Å². The first kappa shape index (κ1) is 17.7. The van der Waals surface area contributed by atoms with Crippen LogP contribution in [-0.4, -0.2) is 36.4 Å². The van der Waals surface area contributed by atoms with E-state index in [1.54, 1.807) is 18.3 Å². The van der Waals surface area contributed by atoms with Crippen molar-refractivity contribution in [3.8, 4) is 16.9 Å². The molecule has 3 aliphatic heterocycles. The molecule has 3 atom stereocenters. The van der Waals surface area contributed by atoms with E-state index in [1.165, 1.54) is 12.3 Å². The van der Waals surface area contributed by atoms with Crippen molar-refractivity contribution in [1.29, 1.82) is 0 Å². The maximum absolute atomic E-state index is 15.0. The summed E-state index contributed by atoms with van der Waals surface area (Å²) >= 11 is 6.06. The van der Waals surface area contributed by atoms with E-state index >= 15 is 4.39 Å². The average molecular weight is 404 g/mol. The summed E-state index contributed by atoms with van der Waals surface area (Å²) in [5.74, 6) is -0.0695. The number of rotatable bonds is 1. The van der Waals surface area contributed by atoms with Gasteiger partial charge in [0, 0.05) is 41.6 Å². The smallest absolute Gasteiger partial charge is 0.283 e. The van der Waals surface area contributed by atoms with Crippen molar-refractivity contribution in [3.63, 3.8) is 0 Å². The second-order valence-electron chi connectivity index (χ2n) is 7.68. The SMILES string of the molecule is C[C@]12CCOC[C@@H]1[C@@]1(COC(N)=N1)c1cc(-c3cncc(Cl)c3)c(F)cc1O2. The number of aliphatic imine (C=N–C) groups is 1. The van der Waals surface area contributed by atoms with Crippen LogP contribution in [0.25, 0.3) is 11.1 Å². The standard InChI is InChI=1S/C20H19ClFN3O3/c1-19-2-3-26-9-17(19)20(10-27-18(23)25-20)14-5-13(15(22)6-16(14)28-19)11-4-12(21)8-24-7-11/h4-8,17H,2-3,9-10H2,1H3,(H2,23,25)/t17-,19-,20+/m0/s1. The van der Waals surface area contributed by atoms with Gasteiger partial charge in [-0.05, 0) is 19.1 Å². The molecule has 0 unspecified atom stereocenters. The molecule has 6 nitrogen and oxygen atoms in total. The van der Waals surface area contributed by atoms with E-state index < -0.39 is 17.0 Å². The minimum Gasteiger partial charge on any atom is -0.486 e. The van der Waals surface area contributed by atoms with Crippen LogP contribution in [0.1, 0.15) is 18.9 Å². The summed E-state index contributed by atoms with van der Waals surface area (Å²) in [6, 6.07) is 4.95. The van der Waals surface area contributed by atoms with Crippen molar-refractivity contribution in [2.75, 3.05) is 19.8 Å². The highest BCUT2D eigenvalue weighted by Gasteiger charge is 2.60. The van der Waals surface area contributed by atoms with Crippen LogP contribution in [0, 0.1) is 11.7 Å². The third-order valence-corrected chi connectivity index (χ3v) is 6.19. The highest BCUT2D eigenvalue weighted by Crippen LogP contribution is 2.55. The Morgan fingerprint density at radius 1 is 1.29 bits per heavy atom. The summed E-state index contributed by atoms with van der Waals surface area (Å²) in [5.41, 5.74) is 6.25. The predicted molar refractivity (Wildman–Crippen MR) is 102 cm³/mol. The maximum atomic E-state index is 15.0. The molecule has 0 aliphatic carbocycles. The summed E-state index contributed by atoms with van der Waals surface area (Å²) < 4.78 is 32.7. The van der Waals surface area contributed by atoms with Gasteiger partial charge in [0.2, 0.25) is 0 Å². The number of halogens is 2. The lowest BCUT2D eigenvalue weighted by Crippen LogP contribution is -2.59. The summed E-state index contributed by atoms with van der Waals surface area (Å²) in [7, 11) is 0. The predicted octanol–water partition coefficient (Wildman–Crippen LogP) is 3.27. The van der Waals surface area contributed by atoms with Gasteiger partial charge in [0.25, 0.3) is 6.02 Å². The summed E-state index contributed by atoms with van der Waals surface area (Å²) in [4.78, 5) is 8.75. The Kier molecular flexibility index (Phi) is 3.83. The molecule has 0 bridgehead atoms. The lowest BCUT2D eigenvalue weighted by Gasteiger charge is -2.52. The summed E-state index contributed by atoms with van der Waals surface area (Å²) in [5, 5.41) is 0.431. The molecule has 1 saturated heterocycles. The van der Waals surface area contributed by atoms with Gasteiger partial charge in [-0.15, -0.1) is 0 Å². The quantitative estimate of drug-likeness (QED) is 0.790. The van der Waals surface area contributed by atoms with Crippen LogP contribution in [0.3, 0.4) is 0 Å². The van der Waals surface area contributed by atoms with Gasteiger partial charge in [-0.2, -0.15) is 0 Å². The van der Waals surface area contributed by atoms with E-state index in [9.17, 15) is 0 Å². The Balaban J connectivity index is 1.74. The van der Waals surface area contributed by atoms with Gasteiger partial charge in [0.1, 0.15) is 29.3 Å². The van der Waals surface area contributed by atoms with E-state index in [4.69, 9.17) is 31.5 Å². The second kappa shape index (κ2) is 6.06. The molecule has 0 amide bonds. The Morgan fingerprint density at radius 2 is 2.14 bits per heavy atom. The first-order valence-corrected chi connectivity index (χ1v) is 9.49. The number of benzene rings is 1. The number of hydrogen-bond donors (Lipinski definition) is 1. The molecule has 0 radical (unpaired) electrons. The fourth-order valence-electron chi connectivity index (χ4n) is 4.55. The average Bonchev–Trinajstić information content (AvgIpc) is 3.03. The molecule has 1 fully saturated rings. The van der Waals surface area contributed by atoms with E-state index in [1.807, 2.05) is 6.92 Å². The molecule has 8 heteroatoms. The van der Waals surface area contributed by atoms with Crippen molar-refractivity contribution in [1.82, 2.24) is 4.98 Å². The lowest BCUT2D eigenvalue weighted by atomic mass is 9.66. The molecule has 2 aromatic rings. The highest BCUT2D eigenvalue weighted by molar-refractivity contribution is 6.30. The Bertz CT molecular complexity index is 1000. The van der Waals surface area contributed by atoms with Crippen LogP contribution >= 0.6 is 11.6 Å². The lowest BCUT2D eigenvalue weighted by molar-refractivity contribution is -0.129. The third kappa shape index (κ3) is 2.49. The van der Waals surface area contributed by atoms with Crippen LogP contribution in [0.5, 0.6) is 5.75 Å². The van der Waals surface area contributed by atoms with Crippen LogP contribution in [0.15, 0.2) is 35.6 Å². The monoisotopic (exact) mass is 403 g/mol. The minimum atomic E-state index is -0.790. The highest BCUT2D eigenvalue weighted by atomic mass is 35.5. The summed E-state index contributed by atoms with van der Waals surface area (Å²) in [6.45, 7) is 3.31. The number of nitrogens with two attached hydrogens (primary N) is 1. The van der Waals surface area contributed by atoms with Crippen LogP contribution < -0.4 is 10.5 Å². The van der Waals surface area contributed by atoms with Crippen molar-refractivity contribution in [2.45, 2.75) is 24.5 Å². The molecule has 5 rings (SSSR count). The molecular formula is C20H19ClFN3O3. The molecule has 28 heavy (non-hydrogen) atoms. The molecular weight excluding hydrogens is 385 g/mol. The molecule has 3 aliphatic rings. The largest absolute Gasteiger partial charge is 0.486 e. The van der Waals surface area contributed by atoms with Gasteiger partial charge >= 0.3 is 0 Å². The second-order valence-corrected chi connectivity index (χ2v) is 8.11. The number of amidine groups is 1. The minimum absolute atomic E-state index is 0.113. The fraction of sp³-hybridized carbons (Fsp3) is 0.400. The van der Waals surface area contributed by atoms with Gasteiger partial charge in [-0.25, -0.2) is 9.38 Å². The van der Waals surface area contributed by atoms with E-state index in [0.29, 0.717) is 41.5 Å². The van der Waals surface area contributed by atoms with E-state index in [0.717, 1.165) is 5.56 Å². The van der Waals surface area contributed by atoms with Crippen molar-refractivity contribution < 1.29 is 18.6 Å². The van der Waals surface area contributed by atoms with Crippen molar-refractivity contribution in [2.24, 2.45) is 16.6 Å². The number of fused-ring (bicyclic) bond motifs is 4. The first-order chi connectivity index (χ1) is 13.4. The van der Waals surface area contributed by atoms with Crippen molar-refractivity contribution >= 4 is 17.6 Å². The van der Waals surface area contributed by atoms with Gasteiger partial charge in [-0.3, -0.25) is 4.98 Å². The molecule has 0 saturated carbocycles. The van der Waals surface area contributed by atoms with Crippen LogP contribution in [0.2, 0.25) is 5.02 Å². The number of ether oxygens (including phenoxy) is 3. The zero-order chi connectivity index (χ0) is 19.5. The zero-order valence-electron chi connectivity index (χ0n) is 15.2. The van der Waals surface area contributed by atoms with E-state index in [-0.39, 0.29) is 18.5 Å². The third-order valence-electron chi connectivity index (χ3n) is 5.99. The number of hydrogen-bond acceptors (Lipinski definition) is 6.